The normalized spacial score (nSPS) is 12.4. The summed E-state index contributed by atoms with van der Waals surface area (Å²) in [6.45, 7) is 1.74. The number of hydrogen-bond donors (Lipinski definition) is 1. The van der Waals surface area contributed by atoms with Crippen molar-refractivity contribution in [3.63, 3.8) is 0 Å². The average molecular weight is 451 g/mol. The van der Waals surface area contributed by atoms with Crippen LogP contribution in [0.5, 0.6) is 0 Å². The van der Waals surface area contributed by atoms with Gasteiger partial charge in [0.1, 0.15) is 11.0 Å². The smallest absolute Gasteiger partial charge is 0.250 e. The first-order valence-electron chi connectivity index (χ1n) is 8.74. The molecule has 2 aromatic carbocycles. The van der Waals surface area contributed by atoms with Gasteiger partial charge in [-0.3, -0.25) is 14.4 Å². The highest BCUT2D eigenvalue weighted by Crippen LogP contribution is 2.28. The van der Waals surface area contributed by atoms with E-state index in [0.29, 0.717) is 20.8 Å². The van der Waals surface area contributed by atoms with Gasteiger partial charge in [0.15, 0.2) is 0 Å². The molecule has 0 fully saturated rings. The van der Waals surface area contributed by atoms with Crippen LogP contribution in [-0.2, 0) is 14.8 Å². The lowest BCUT2D eigenvalue weighted by Gasteiger charge is -2.29. The molecule has 1 atom stereocenters. The van der Waals surface area contributed by atoms with Crippen LogP contribution >= 0.6 is 22.9 Å². The molecule has 0 aliphatic carbocycles. The highest BCUT2D eigenvalue weighted by molar-refractivity contribution is 7.92. The van der Waals surface area contributed by atoms with Crippen molar-refractivity contribution in [3.8, 4) is 10.6 Å². The van der Waals surface area contributed by atoms with E-state index in [-0.39, 0.29) is 6.42 Å². The summed E-state index contributed by atoms with van der Waals surface area (Å²) in [6, 6.07) is 14.9. The summed E-state index contributed by atoms with van der Waals surface area (Å²) >= 11 is 7.23. The number of amides is 1. The molecule has 1 N–H and O–H groups in total. The number of benzene rings is 2. The minimum absolute atomic E-state index is 0.260. The number of anilines is 2. The quantitative estimate of drug-likeness (QED) is 0.586. The van der Waals surface area contributed by atoms with Crippen molar-refractivity contribution in [2.75, 3.05) is 15.9 Å². The van der Waals surface area contributed by atoms with Crippen molar-refractivity contribution >= 4 is 49.7 Å². The van der Waals surface area contributed by atoms with Crippen LogP contribution < -0.4 is 9.62 Å². The molecule has 0 saturated carbocycles. The monoisotopic (exact) mass is 450 g/mol. The number of halogens is 1. The van der Waals surface area contributed by atoms with Gasteiger partial charge in [-0.25, -0.2) is 8.42 Å². The number of carbonyl (C=O) groups is 1. The van der Waals surface area contributed by atoms with Gasteiger partial charge in [0.05, 0.1) is 11.9 Å². The Morgan fingerprint density at radius 1 is 1.17 bits per heavy atom. The van der Waals surface area contributed by atoms with Crippen molar-refractivity contribution < 1.29 is 13.2 Å². The van der Waals surface area contributed by atoms with Gasteiger partial charge in [0.25, 0.3) is 0 Å². The number of hydrogen-bond acceptors (Lipinski definition) is 6. The van der Waals surface area contributed by atoms with Crippen LogP contribution in [0, 0.1) is 0 Å². The molecule has 152 valence electrons. The zero-order valence-electron chi connectivity index (χ0n) is 15.7. The van der Waals surface area contributed by atoms with Crippen molar-refractivity contribution in [2.24, 2.45) is 0 Å². The van der Waals surface area contributed by atoms with E-state index in [9.17, 15) is 13.2 Å². The predicted molar refractivity (Wildman–Crippen MR) is 117 cm³/mol. The summed E-state index contributed by atoms with van der Waals surface area (Å²) in [5, 5.41) is 12.1. The van der Waals surface area contributed by atoms with E-state index >= 15 is 0 Å². The molecule has 0 radical (unpaired) electrons. The SMILES string of the molecule is CC[C@H](C(=O)Nc1nnc(-c2ccccc2)s1)N(c1cccc(Cl)c1)S(C)(=O)=O. The van der Waals surface area contributed by atoms with Gasteiger partial charge >= 0.3 is 0 Å². The van der Waals surface area contributed by atoms with Gasteiger partial charge in [-0.1, -0.05) is 66.3 Å². The summed E-state index contributed by atoms with van der Waals surface area (Å²) in [6.07, 6.45) is 1.32. The molecule has 0 aliphatic rings. The van der Waals surface area contributed by atoms with Gasteiger partial charge in [0.2, 0.25) is 21.1 Å². The molecule has 0 spiro atoms. The Hall–Kier alpha value is -2.49. The fourth-order valence-corrected chi connectivity index (χ4v) is 4.97. The lowest BCUT2D eigenvalue weighted by molar-refractivity contribution is -0.117. The number of sulfonamides is 1. The molecule has 0 aliphatic heterocycles. The van der Waals surface area contributed by atoms with Crippen molar-refractivity contribution in [3.05, 3.63) is 59.6 Å². The van der Waals surface area contributed by atoms with E-state index < -0.39 is 22.0 Å². The first-order valence-corrected chi connectivity index (χ1v) is 11.8. The molecule has 10 heteroatoms. The molecule has 3 aromatic rings. The van der Waals surface area contributed by atoms with Crippen LogP contribution in [0.4, 0.5) is 10.8 Å². The Bertz CT molecular complexity index is 1100. The highest BCUT2D eigenvalue weighted by Gasteiger charge is 2.32. The Morgan fingerprint density at radius 3 is 2.52 bits per heavy atom. The second-order valence-electron chi connectivity index (χ2n) is 6.23. The highest BCUT2D eigenvalue weighted by atomic mass is 35.5. The van der Waals surface area contributed by atoms with E-state index in [0.717, 1.165) is 16.1 Å². The van der Waals surface area contributed by atoms with E-state index in [2.05, 4.69) is 15.5 Å². The third kappa shape index (κ3) is 5.11. The van der Waals surface area contributed by atoms with E-state index in [4.69, 9.17) is 11.6 Å². The van der Waals surface area contributed by atoms with Gasteiger partial charge in [-0.15, -0.1) is 10.2 Å². The number of rotatable bonds is 7. The second kappa shape index (κ2) is 8.89. The van der Waals surface area contributed by atoms with Crippen LogP contribution in [0.25, 0.3) is 10.6 Å². The largest absolute Gasteiger partial charge is 0.299 e. The van der Waals surface area contributed by atoms with Crippen LogP contribution in [0.1, 0.15) is 13.3 Å². The number of aromatic nitrogens is 2. The molecule has 29 heavy (non-hydrogen) atoms. The Morgan fingerprint density at radius 2 is 1.90 bits per heavy atom. The summed E-state index contributed by atoms with van der Waals surface area (Å²) in [5.41, 5.74) is 1.21. The van der Waals surface area contributed by atoms with E-state index in [1.807, 2.05) is 30.3 Å². The minimum Gasteiger partial charge on any atom is -0.299 e. The first-order chi connectivity index (χ1) is 13.8. The lowest BCUT2D eigenvalue weighted by Crippen LogP contribution is -2.47. The van der Waals surface area contributed by atoms with Crippen LogP contribution in [-0.4, -0.2) is 36.8 Å². The van der Waals surface area contributed by atoms with Crippen molar-refractivity contribution in [1.82, 2.24) is 10.2 Å². The predicted octanol–water partition coefficient (Wildman–Crippen LogP) is 4.04. The van der Waals surface area contributed by atoms with Gasteiger partial charge in [0, 0.05) is 10.6 Å². The lowest BCUT2D eigenvalue weighted by atomic mass is 10.2. The number of nitrogens with zero attached hydrogens (tertiary/aromatic N) is 3. The molecule has 7 nitrogen and oxygen atoms in total. The second-order valence-corrected chi connectivity index (χ2v) is 9.50. The van der Waals surface area contributed by atoms with Crippen molar-refractivity contribution in [2.45, 2.75) is 19.4 Å². The molecule has 3 rings (SSSR count). The molecule has 0 bridgehead atoms. The third-order valence-corrected chi connectivity index (χ3v) is 6.37. The number of nitrogens with one attached hydrogen (secondary N) is 1. The zero-order chi connectivity index (χ0) is 21.0. The Kier molecular flexibility index (Phi) is 6.51. The topological polar surface area (TPSA) is 92.3 Å². The molecule has 0 saturated heterocycles. The molecular formula is C19H19ClN4O3S2. The van der Waals surface area contributed by atoms with Crippen LogP contribution in [0.3, 0.4) is 0 Å². The first kappa shape index (κ1) is 21.2. The van der Waals surface area contributed by atoms with Crippen LogP contribution in [0.15, 0.2) is 54.6 Å². The fourth-order valence-electron chi connectivity index (χ4n) is 2.83. The van der Waals surface area contributed by atoms with Gasteiger partial charge in [-0.05, 0) is 24.6 Å². The fraction of sp³-hybridized carbons (Fsp3) is 0.211. The zero-order valence-corrected chi connectivity index (χ0v) is 18.1. The summed E-state index contributed by atoms with van der Waals surface area (Å²) in [7, 11) is -3.74. The number of carbonyl (C=O) groups excluding carboxylic acids is 1. The summed E-state index contributed by atoms with van der Waals surface area (Å²) in [5.74, 6) is -0.492. The standard InChI is InChI=1S/C19H19ClN4O3S2/c1-3-16(24(29(2,26)27)15-11-7-10-14(20)12-15)17(25)21-19-23-22-18(28-19)13-8-5-4-6-9-13/h4-12,16H,3H2,1-2H3,(H,21,23,25)/t16-/m1/s1. The van der Waals surface area contributed by atoms with E-state index in [1.165, 1.54) is 17.4 Å². The molecular weight excluding hydrogens is 432 g/mol. The van der Waals surface area contributed by atoms with Gasteiger partial charge < -0.3 is 0 Å². The third-order valence-electron chi connectivity index (χ3n) is 4.07. The Balaban J connectivity index is 1.86. The minimum atomic E-state index is -3.74. The van der Waals surface area contributed by atoms with E-state index in [1.54, 1.807) is 25.1 Å². The maximum absolute atomic E-state index is 12.9. The summed E-state index contributed by atoms with van der Waals surface area (Å²) in [4.78, 5) is 12.9. The molecule has 1 heterocycles. The van der Waals surface area contributed by atoms with Crippen molar-refractivity contribution in [1.29, 1.82) is 0 Å². The van der Waals surface area contributed by atoms with Gasteiger partial charge in [-0.2, -0.15) is 0 Å². The maximum atomic E-state index is 12.9. The molecule has 0 unspecified atom stereocenters. The Labute approximate surface area is 178 Å². The maximum Gasteiger partial charge on any atom is 0.250 e. The molecule has 1 aromatic heterocycles. The average Bonchev–Trinajstić information content (AvgIpc) is 3.14. The van der Waals surface area contributed by atoms with Crippen LogP contribution in [0.2, 0.25) is 5.02 Å². The summed E-state index contributed by atoms with van der Waals surface area (Å²) < 4.78 is 26.0. The molecule has 1 amide bonds.